The van der Waals surface area contributed by atoms with Gasteiger partial charge in [0.15, 0.2) is 5.11 Å². The Morgan fingerprint density at radius 2 is 1.78 bits per heavy atom. The Hall–Kier alpha value is -4.48. The summed E-state index contributed by atoms with van der Waals surface area (Å²) in [5, 5.41) is 4.27. The molecule has 0 aliphatic heterocycles. The lowest BCUT2D eigenvalue weighted by Gasteiger charge is -2.15. The van der Waals surface area contributed by atoms with Gasteiger partial charge in [-0.15, -0.1) is 11.3 Å². The van der Waals surface area contributed by atoms with Crippen molar-refractivity contribution >= 4 is 62.0 Å². The molecular formula is C30H30N4O5S2. The van der Waals surface area contributed by atoms with Crippen LogP contribution in [0.3, 0.4) is 0 Å². The number of thiophene rings is 1. The van der Waals surface area contributed by atoms with Gasteiger partial charge < -0.3 is 19.5 Å². The molecule has 11 heteroatoms. The number of carbonyl (C=O) groups is 2. The zero-order valence-electron chi connectivity index (χ0n) is 23.3. The van der Waals surface area contributed by atoms with Crippen LogP contribution in [0.25, 0.3) is 27.7 Å². The van der Waals surface area contributed by atoms with Gasteiger partial charge in [-0.1, -0.05) is 31.2 Å². The number of benzene rings is 2. The lowest BCUT2D eigenvalue weighted by Crippen LogP contribution is -2.43. The van der Waals surface area contributed by atoms with Gasteiger partial charge in [0.1, 0.15) is 16.5 Å². The summed E-state index contributed by atoms with van der Waals surface area (Å²) >= 11 is 6.80. The number of anilines is 1. The van der Waals surface area contributed by atoms with Gasteiger partial charge >= 0.3 is 5.97 Å². The van der Waals surface area contributed by atoms with E-state index >= 15 is 0 Å². The fourth-order valence-corrected chi connectivity index (χ4v) is 5.44. The zero-order chi connectivity index (χ0) is 29.5. The smallest absolute Gasteiger partial charge is 0.340 e. The van der Waals surface area contributed by atoms with E-state index in [9.17, 15) is 9.59 Å². The Morgan fingerprint density at radius 3 is 2.49 bits per heavy atom. The first kappa shape index (κ1) is 29.5. The molecule has 4 aromatic rings. The van der Waals surface area contributed by atoms with Crippen LogP contribution < -0.4 is 25.6 Å². The average Bonchev–Trinajstić information content (AvgIpc) is 3.42. The van der Waals surface area contributed by atoms with Crippen LogP contribution in [0.1, 0.15) is 45.9 Å². The van der Waals surface area contributed by atoms with Crippen molar-refractivity contribution in [1.29, 1.82) is 0 Å². The Labute approximate surface area is 247 Å². The third-order valence-electron chi connectivity index (χ3n) is 6.20. The topological polar surface area (TPSA) is 111 Å². The number of carbonyl (C=O) groups excluding carboxylic acids is 2. The number of nitrogens with zero attached hydrogens (tertiary/aromatic N) is 1. The molecule has 0 radical (unpaired) electrons. The zero-order valence-corrected chi connectivity index (χ0v) is 24.9. The molecule has 0 bridgehead atoms. The van der Waals surface area contributed by atoms with E-state index in [0.29, 0.717) is 49.8 Å². The Balaban J connectivity index is 1.60. The quantitative estimate of drug-likeness (QED) is 0.125. The van der Waals surface area contributed by atoms with Crippen LogP contribution in [-0.4, -0.2) is 43.3 Å². The van der Waals surface area contributed by atoms with Gasteiger partial charge in [0.05, 0.1) is 43.7 Å². The number of hydrogen-bond donors (Lipinski definition) is 3. The first-order valence-electron chi connectivity index (χ1n) is 12.7. The van der Waals surface area contributed by atoms with Gasteiger partial charge in [-0.2, -0.15) is 0 Å². The molecule has 0 fully saturated rings. The van der Waals surface area contributed by atoms with E-state index in [0.717, 1.165) is 16.9 Å². The number of hydrogen-bond acceptors (Lipinski definition) is 8. The van der Waals surface area contributed by atoms with Gasteiger partial charge in [0, 0.05) is 15.8 Å². The summed E-state index contributed by atoms with van der Waals surface area (Å²) in [6.07, 6.45) is 2.93. The molecule has 41 heavy (non-hydrogen) atoms. The van der Waals surface area contributed by atoms with Crippen LogP contribution in [0, 0.1) is 0 Å². The van der Waals surface area contributed by atoms with Crippen molar-refractivity contribution in [2.75, 3.05) is 26.6 Å². The molecule has 2 aromatic carbocycles. The largest absolute Gasteiger partial charge is 0.497 e. The van der Waals surface area contributed by atoms with Crippen LogP contribution >= 0.6 is 23.6 Å². The van der Waals surface area contributed by atoms with Crippen molar-refractivity contribution in [2.24, 2.45) is 0 Å². The molecule has 9 nitrogen and oxygen atoms in total. The van der Waals surface area contributed by atoms with E-state index in [2.05, 4.69) is 22.2 Å². The molecule has 3 N–H and O–H groups in total. The van der Waals surface area contributed by atoms with Crippen LogP contribution in [0.5, 0.6) is 11.5 Å². The fraction of sp³-hybridized carbons (Fsp3) is 0.200. The van der Waals surface area contributed by atoms with Crippen LogP contribution in [-0.2, 0) is 4.74 Å². The number of para-hydroxylation sites is 1. The number of ether oxygens (including phenoxy) is 3. The lowest BCUT2D eigenvalue weighted by molar-refractivity contribution is 0.0602. The van der Waals surface area contributed by atoms with Gasteiger partial charge in [0.2, 0.25) is 0 Å². The SMILES string of the molecule is CC/C=C(\C)c1cc(C(=O)OC)c(NC(=S)NNC(=O)c2cc(-c3cc(OC)ccc3OC)nc3ccccc23)s1. The van der Waals surface area contributed by atoms with E-state index in [1.54, 1.807) is 44.6 Å². The summed E-state index contributed by atoms with van der Waals surface area (Å²) < 4.78 is 15.9. The third-order valence-corrected chi connectivity index (χ3v) is 7.59. The minimum atomic E-state index is -0.491. The van der Waals surface area contributed by atoms with E-state index in [-0.39, 0.29) is 5.11 Å². The second-order valence-electron chi connectivity index (χ2n) is 8.81. The maximum absolute atomic E-state index is 13.4. The molecule has 0 unspecified atom stereocenters. The van der Waals surface area contributed by atoms with Crippen LogP contribution in [0.15, 0.2) is 60.7 Å². The maximum Gasteiger partial charge on any atom is 0.340 e. The van der Waals surface area contributed by atoms with Crippen molar-refractivity contribution in [3.8, 4) is 22.8 Å². The fourth-order valence-electron chi connectivity index (χ4n) is 4.18. The molecule has 1 amide bonds. The highest BCUT2D eigenvalue weighted by molar-refractivity contribution is 7.80. The summed E-state index contributed by atoms with van der Waals surface area (Å²) in [6, 6.07) is 16.2. The molecule has 0 atom stereocenters. The van der Waals surface area contributed by atoms with Crippen molar-refractivity contribution in [1.82, 2.24) is 15.8 Å². The minimum absolute atomic E-state index is 0.0991. The molecule has 0 spiro atoms. The van der Waals surface area contributed by atoms with Crippen molar-refractivity contribution < 1.29 is 23.8 Å². The predicted molar refractivity (Wildman–Crippen MR) is 167 cm³/mol. The number of methoxy groups -OCH3 is 3. The molecule has 2 heterocycles. The van der Waals surface area contributed by atoms with Crippen molar-refractivity contribution in [2.45, 2.75) is 20.3 Å². The summed E-state index contributed by atoms with van der Waals surface area (Å²) in [4.78, 5) is 31.5. The highest BCUT2D eigenvalue weighted by atomic mass is 32.1. The van der Waals surface area contributed by atoms with Crippen molar-refractivity contribution in [3.05, 3.63) is 76.7 Å². The second kappa shape index (κ2) is 13.2. The first-order chi connectivity index (χ1) is 19.8. The number of thiocarbonyl (C=S) groups is 1. The standard InChI is InChI=1S/C30H30N4O5S2/c1-6-9-17(2)26-16-22(29(36)39-5)28(41-26)32-30(40)34-33-27(35)20-15-24(31-23-11-8-7-10-19(20)23)21-14-18(37-3)12-13-25(21)38-4/h7-16H,6H2,1-5H3,(H,33,35)(H2,32,34,40)/b17-9+. The molecule has 0 aliphatic carbocycles. The number of rotatable bonds is 8. The third kappa shape index (κ3) is 6.64. The van der Waals surface area contributed by atoms with Gasteiger partial charge in [-0.05, 0) is 67.5 Å². The number of hydrazine groups is 1. The number of esters is 1. The molecular weight excluding hydrogens is 560 g/mol. The number of fused-ring (bicyclic) bond motifs is 1. The minimum Gasteiger partial charge on any atom is -0.497 e. The highest BCUT2D eigenvalue weighted by Gasteiger charge is 2.20. The Morgan fingerprint density at radius 1 is 1.00 bits per heavy atom. The molecule has 212 valence electrons. The highest BCUT2D eigenvalue weighted by Crippen LogP contribution is 2.35. The van der Waals surface area contributed by atoms with E-state index in [1.165, 1.54) is 18.4 Å². The maximum atomic E-state index is 13.4. The predicted octanol–water partition coefficient (Wildman–Crippen LogP) is 6.21. The molecule has 0 aliphatic rings. The number of aromatic nitrogens is 1. The molecule has 2 aromatic heterocycles. The summed E-state index contributed by atoms with van der Waals surface area (Å²) in [5.74, 6) is 0.292. The van der Waals surface area contributed by atoms with Crippen LogP contribution in [0.4, 0.5) is 5.00 Å². The molecule has 0 saturated heterocycles. The van der Waals surface area contributed by atoms with Gasteiger partial charge in [-0.25, -0.2) is 9.78 Å². The second-order valence-corrected chi connectivity index (χ2v) is 10.3. The number of nitrogens with one attached hydrogen (secondary N) is 3. The average molecular weight is 591 g/mol. The summed E-state index contributed by atoms with van der Waals surface area (Å²) in [5.41, 5.74) is 9.00. The Bertz CT molecular complexity index is 1650. The number of amides is 1. The summed E-state index contributed by atoms with van der Waals surface area (Å²) in [7, 11) is 4.47. The monoisotopic (exact) mass is 590 g/mol. The Kier molecular flexibility index (Phi) is 9.53. The van der Waals surface area contributed by atoms with Gasteiger partial charge in [0.25, 0.3) is 5.91 Å². The summed E-state index contributed by atoms with van der Waals surface area (Å²) in [6.45, 7) is 4.02. The number of allylic oxidation sites excluding steroid dienone is 2. The first-order valence-corrected chi connectivity index (χ1v) is 13.9. The van der Waals surface area contributed by atoms with E-state index in [1.807, 2.05) is 38.1 Å². The van der Waals surface area contributed by atoms with Crippen molar-refractivity contribution in [3.63, 3.8) is 0 Å². The van der Waals surface area contributed by atoms with Crippen LogP contribution in [0.2, 0.25) is 0 Å². The van der Waals surface area contributed by atoms with E-state index < -0.39 is 11.9 Å². The lowest BCUT2D eigenvalue weighted by atomic mass is 10.0. The number of pyridine rings is 1. The normalized spacial score (nSPS) is 11.1. The molecule has 4 rings (SSSR count). The molecule has 0 saturated carbocycles. The van der Waals surface area contributed by atoms with E-state index in [4.69, 9.17) is 31.4 Å². The van der Waals surface area contributed by atoms with Gasteiger partial charge in [-0.3, -0.25) is 15.6 Å².